The number of fused-ring (bicyclic) bond motifs is 1. The average Bonchev–Trinajstić information content (AvgIpc) is 2.60. The molecular weight excluding hydrogens is 312 g/mol. The van der Waals surface area contributed by atoms with E-state index < -0.39 is 0 Å². The lowest BCUT2D eigenvalue weighted by Gasteiger charge is -2.29. The number of aliphatic hydroxyl groups excluding tert-OH is 1. The van der Waals surface area contributed by atoms with Crippen molar-refractivity contribution >= 4 is 22.4 Å². The fourth-order valence-electron chi connectivity index (χ4n) is 3.22. The van der Waals surface area contributed by atoms with E-state index in [9.17, 15) is 4.79 Å². The summed E-state index contributed by atoms with van der Waals surface area (Å²) in [6.07, 6.45) is 7.28. The fraction of sp³-hybridized carbons (Fsp3) is 0.429. The number of pyridine rings is 1. The maximum Gasteiger partial charge on any atom is 0.253 e. The zero-order chi connectivity index (χ0) is 18.0. The molecule has 2 N–H and O–H groups in total. The monoisotopic (exact) mass is 338 g/mol. The van der Waals surface area contributed by atoms with Gasteiger partial charge in [-0.05, 0) is 43.2 Å². The Balaban J connectivity index is 1.93. The van der Waals surface area contributed by atoms with Crippen molar-refractivity contribution in [3.8, 4) is 0 Å². The van der Waals surface area contributed by atoms with E-state index in [4.69, 9.17) is 5.11 Å². The molecule has 0 bridgehead atoms. The van der Waals surface area contributed by atoms with Gasteiger partial charge in [0.15, 0.2) is 0 Å². The van der Waals surface area contributed by atoms with E-state index in [2.05, 4.69) is 36.3 Å². The van der Waals surface area contributed by atoms with Crippen molar-refractivity contribution in [1.82, 2.24) is 10.3 Å². The van der Waals surface area contributed by atoms with Crippen LogP contribution in [0, 0.1) is 5.41 Å². The van der Waals surface area contributed by atoms with Crippen molar-refractivity contribution in [3.63, 3.8) is 0 Å². The van der Waals surface area contributed by atoms with Crippen molar-refractivity contribution < 1.29 is 9.90 Å². The molecule has 1 aromatic carbocycles. The van der Waals surface area contributed by atoms with Crippen LogP contribution in [0.4, 0.5) is 0 Å². The highest BCUT2D eigenvalue weighted by Crippen LogP contribution is 2.39. The van der Waals surface area contributed by atoms with Crippen molar-refractivity contribution in [2.24, 2.45) is 5.41 Å². The number of carbonyl (C=O) groups is 1. The maximum atomic E-state index is 12.2. The second-order valence-corrected chi connectivity index (χ2v) is 7.76. The van der Waals surface area contributed by atoms with E-state index in [0.29, 0.717) is 11.0 Å². The summed E-state index contributed by atoms with van der Waals surface area (Å²) in [5.41, 5.74) is 4.35. The molecule has 0 aliphatic heterocycles. The number of hydrogen-bond acceptors (Lipinski definition) is 3. The topological polar surface area (TPSA) is 62.2 Å². The normalized spacial score (nSPS) is 17.8. The summed E-state index contributed by atoms with van der Waals surface area (Å²) in [4.78, 5) is 16.8. The number of aliphatic hydroxyl groups is 1. The van der Waals surface area contributed by atoms with Gasteiger partial charge in [0, 0.05) is 23.2 Å². The maximum absolute atomic E-state index is 12.2. The Bertz CT molecular complexity index is 824. The Morgan fingerprint density at radius 3 is 2.88 bits per heavy atom. The molecule has 4 heteroatoms. The van der Waals surface area contributed by atoms with Crippen molar-refractivity contribution in [1.29, 1.82) is 0 Å². The van der Waals surface area contributed by atoms with Crippen LogP contribution >= 0.6 is 0 Å². The van der Waals surface area contributed by atoms with Gasteiger partial charge in [-0.2, -0.15) is 0 Å². The predicted molar refractivity (Wildman–Crippen MR) is 101 cm³/mol. The van der Waals surface area contributed by atoms with Gasteiger partial charge >= 0.3 is 0 Å². The van der Waals surface area contributed by atoms with E-state index in [1.165, 1.54) is 17.6 Å². The third-order valence-corrected chi connectivity index (χ3v) is 4.94. The number of benzene rings is 1. The highest BCUT2D eigenvalue weighted by Gasteiger charge is 2.23. The van der Waals surface area contributed by atoms with Gasteiger partial charge in [-0.25, -0.2) is 0 Å². The minimum atomic E-state index is -0.273. The quantitative estimate of drug-likeness (QED) is 0.887. The second kappa shape index (κ2) is 6.96. The smallest absolute Gasteiger partial charge is 0.253 e. The van der Waals surface area contributed by atoms with Crippen LogP contribution in [-0.2, 0) is 0 Å². The molecule has 0 saturated heterocycles. The number of hydrogen-bond donors (Lipinski definition) is 2. The van der Waals surface area contributed by atoms with Gasteiger partial charge in [0.05, 0.1) is 17.7 Å². The van der Waals surface area contributed by atoms with Crippen LogP contribution in [0.1, 0.15) is 56.0 Å². The van der Waals surface area contributed by atoms with Gasteiger partial charge in [0.1, 0.15) is 0 Å². The summed E-state index contributed by atoms with van der Waals surface area (Å²) in [5, 5.41) is 12.8. The summed E-state index contributed by atoms with van der Waals surface area (Å²) in [7, 11) is 0. The minimum Gasteiger partial charge on any atom is -0.394 e. The highest BCUT2D eigenvalue weighted by atomic mass is 16.3. The molecule has 4 nitrogen and oxygen atoms in total. The molecule has 3 rings (SSSR count). The van der Waals surface area contributed by atoms with Crippen molar-refractivity contribution in [2.45, 2.75) is 46.1 Å². The molecule has 0 saturated carbocycles. The number of nitrogens with one attached hydrogen (secondary N) is 1. The molecule has 1 aliphatic carbocycles. The van der Waals surface area contributed by atoms with Crippen LogP contribution < -0.4 is 5.32 Å². The van der Waals surface area contributed by atoms with Gasteiger partial charge in [0.2, 0.25) is 0 Å². The van der Waals surface area contributed by atoms with E-state index in [1.807, 2.05) is 18.2 Å². The molecule has 0 fully saturated rings. The molecule has 1 heterocycles. The first-order valence-corrected chi connectivity index (χ1v) is 8.89. The second-order valence-electron chi connectivity index (χ2n) is 7.76. The van der Waals surface area contributed by atoms with Crippen LogP contribution in [0.3, 0.4) is 0 Å². The lowest BCUT2D eigenvalue weighted by atomic mass is 9.77. The molecule has 1 aliphatic rings. The molecule has 1 atom stereocenters. The zero-order valence-electron chi connectivity index (χ0n) is 15.2. The summed E-state index contributed by atoms with van der Waals surface area (Å²) < 4.78 is 0. The first-order valence-electron chi connectivity index (χ1n) is 8.89. The Labute approximate surface area is 149 Å². The number of rotatable bonds is 4. The number of nitrogens with zero attached hydrogens (tertiary/aromatic N) is 1. The largest absolute Gasteiger partial charge is 0.394 e. The SMILES string of the molecule is C[C@@H](CO)NC(=O)c1cnc2c(C3=CCC(C)(C)CC3)cccc2c1. The zero-order valence-corrected chi connectivity index (χ0v) is 15.2. The van der Waals surface area contributed by atoms with Gasteiger partial charge < -0.3 is 10.4 Å². The lowest BCUT2D eigenvalue weighted by Crippen LogP contribution is -2.35. The molecule has 0 spiro atoms. The Morgan fingerprint density at radius 1 is 1.40 bits per heavy atom. The van der Waals surface area contributed by atoms with Gasteiger partial charge in [0.25, 0.3) is 5.91 Å². The van der Waals surface area contributed by atoms with Gasteiger partial charge in [-0.15, -0.1) is 0 Å². The van der Waals surface area contributed by atoms with Gasteiger partial charge in [-0.1, -0.05) is 38.1 Å². The summed E-state index contributed by atoms with van der Waals surface area (Å²) in [6, 6.07) is 7.74. The molecule has 132 valence electrons. The van der Waals surface area contributed by atoms with Crippen molar-refractivity contribution in [2.75, 3.05) is 6.61 Å². The predicted octanol–water partition coefficient (Wildman–Crippen LogP) is 3.94. The molecule has 0 radical (unpaired) electrons. The average molecular weight is 338 g/mol. The van der Waals surface area contributed by atoms with E-state index >= 15 is 0 Å². The van der Waals surface area contributed by atoms with Crippen LogP contribution in [0.25, 0.3) is 16.5 Å². The molecule has 0 unspecified atom stereocenters. The Kier molecular flexibility index (Phi) is 4.91. The molecule has 1 amide bonds. The van der Waals surface area contributed by atoms with E-state index in [-0.39, 0.29) is 18.6 Å². The number of amides is 1. The first-order chi connectivity index (χ1) is 11.9. The first kappa shape index (κ1) is 17.6. The molecule has 25 heavy (non-hydrogen) atoms. The number of para-hydroxylation sites is 1. The van der Waals surface area contributed by atoms with Gasteiger partial charge in [-0.3, -0.25) is 9.78 Å². The van der Waals surface area contributed by atoms with Crippen LogP contribution in [0.2, 0.25) is 0 Å². The van der Waals surface area contributed by atoms with E-state index in [1.54, 1.807) is 13.1 Å². The van der Waals surface area contributed by atoms with Crippen LogP contribution in [-0.4, -0.2) is 28.6 Å². The Hall–Kier alpha value is -2.20. The summed E-state index contributed by atoms with van der Waals surface area (Å²) >= 11 is 0. The summed E-state index contributed by atoms with van der Waals surface area (Å²) in [5.74, 6) is -0.208. The van der Waals surface area contributed by atoms with Crippen molar-refractivity contribution in [3.05, 3.63) is 47.7 Å². The minimum absolute atomic E-state index is 0.0819. The van der Waals surface area contributed by atoms with E-state index in [0.717, 1.165) is 23.7 Å². The third kappa shape index (κ3) is 3.90. The lowest BCUT2D eigenvalue weighted by molar-refractivity contribution is 0.0922. The third-order valence-electron chi connectivity index (χ3n) is 4.94. The summed E-state index contributed by atoms with van der Waals surface area (Å²) in [6.45, 7) is 6.29. The number of allylic oxidation sites excluding steroid dienone is 2. The molecule has 1 aromatic heterocycles. The molecular formula is C21H26N2O2. The number of aromatic nitrogens is 1. The van der Waals surface area contributed by atoms with Crippen LogP contribution in [0.5, 0.6) is 0 Å². The Morgan fingerprint density at radius 2 is 2.20 bits per heavy atom. The van der Waals surface area contributed by atoms with Crippen LogP contribution in [0.15, 0.2) is 36.5 Å². The highest BCUT2D eigenvalue weighted by molar-refractivity contribution is 5.99. The fourth-order valence-corrected chi connectivity index (χ4v) is 3.22. The molecule has 2 aromatic rings. The standard InChI is InChI=1S/C21H26N2O2/c1-14(13-24)23-20(25)17-11-16-5-4-6-18(19(16)22-12-17)15-7-9-21(2,3)10-8-15/h4-7,11-12,14,24H,8-10,13H2,1-3H3,(H,23,25)/t14-/m0/s1. The number of carbonyl (C=O) groups excluding carboxylic acids is 1.